The minimum Gasteiger partial charge on any atom is -0.508 e. The molecular weight excluding hydrogens is 330 g/mol. The van der Waals surface area contributed by atoms with Gasteiger partial charge >= 0.3 is 12.4 Å². The van der Waals surface area contributed by atoms with Crippen LogP contribution >= 0.6 is 0 Å². The molecule has 0 bridgehead atoms. The Morgan fingerprint density at radius 3 is 1.26 bits per heavy atom. The van der Waals surface area contributed by atoms with Crippen molar-refractivity contribution in [2.45, 2.75) is 12.4 Å². The first kappa shape index (κ1) is 16.8. The lowest BCUT2D eigenvalue weighted by Crippen LogP contribution is -2.05. The van der Waals surface area contributed by atoms with Gasteiger partial charge in [-0.25, -0.2) is 0 Å². The second-order valence-electron chi connectivity index (χ2n) is 4.53. The molecule has 0 saturated heterocycles. The van der Waals surface area contributed by atoms with E-state index in [0.29, 0.717) is 24.3 Å². The standard InChI is InChI=1S/C14H8F6O3/c15-13(16,17)7-1-9(21)5-11(3-7)23-12-4-8(14(18,19)20)2-10(22)6-12/h1-6,21-22H. The molecule has 0 amide bonds. The third-order valence-corrected chi connectivity index (χ3v) is 2.67. The van der Waals surface area contributed by atoms with Crippen LogP contribution in [0.25, 0.3) is 0 Å². The van der Waals surface area contributed by atoms with Crippen LogP contribution in [0.1, 0.15) is 11.1 Å². The van der Waals surface area contributed by atoms with Crippen LogP contribution in [0.5, 0.6) is 23.0 Å². The quantitative estimate of drug-likeness (QED) is 0.764. The molecule has 0 atom stereocenters. The van der Waals surface area contributed by atoms with E-state index >= 15 is 0 Å². The summed E-state index contributed by atoms with van der Waals surface area (Å²) in [6, 6.07) is 3.50. The Morgan fingerprint density at radius 2 is 0.957 bits per heavy atom. The zero-order valence-electron chi connectivity index (χ0n) is 11.0. The first-order valence-corrected chi connectivity index (χ1v) is 5.95. The van der Waals surface area contributed by atoms with Crippen molar-refractivity contribution in [3.05, 3.63) is 47.5 Å². The van der Waals surface area contributed by atoms with E-state index in [0.717, 1.165) is 12.1 Å². The molecule has 124 valence electrons. The van der Waals surface area contributed by atoms with Crippen LogP contribution in [-0.4, -0.2) is 10.2 Å². The maximum Gasteiger partial charge on any atom is 0.416 e. The molecule has 23 heavy (non-hydrogen) atoms. The number of benzene rings is 2. The highest BCUT2D eigenvalue weighted by Crippen LogP contribution is 2.38. The number of halogens is 6. The van der Waals surface area contributed by atoms with E-state index in [1.54, 1.807) is 0 Å². The minimum absolute atomic E-state index is 0.441. The largest absolute Gasteiger partial charge is 0.508 e. The molecule has 0 unspecified atom stereocenters. The monoisotopic (exact) mass is 338 g/mol. The number of hydrogen-bond acceptors (Lipinski definition) is 3. The van der Waals surface area contributed by atoms with Crippen LogP contribution < -0.4 is 4.74 Å². The molecule has 3 nitrogen and oxygen atoms in total. The Hall–Kier alpha value is -2.58. The van der Waals surface area contributed by atoms with E-state index in [4.69, 9.17) is 4.74 Å². The number of phenols is 2. The van der Waals surface area contributed by atoms with E-state index in [1.807, 2.05) is 0 Å². The Balaban J connectivity index is 2.40. The Kier molecular flexibility index (Phi) is 4.06. The first-order valence-electron chi connectivity index (χ1n) is 5.95. The van der Waals surface area contributed by atoms with E-state index in [9.17, 15) is 36.6 Å². The zero-order valence-corrected chi connectivity index (χ0v) is 11.0. The predicted molar refractivity (Wildman–Crippen MR) is 66.3 cm³/mol. The van der Waals surface area contributed by atoms with Gasteiger partial charge in [0.2, 0.25) is 0 Å². The van der Waals surface area contributed by atoms with Gasteiger partial charge in [-0.1, -0.05) is 0 Å². The van der Waals surface area contributed by atoms with Crippen molar-refractivity contribution < 1.29 is 41.3 Å². The maximum atomic E-state index is 12.6. The van der Waals surface area contributed by atoms with Gasteiger partial charge in [0.15, 0.2) is 0 Å². The minimum atomic E-state index is -4.77. The summed E-state index contributed by atoms with van der Waals surface area (Å²) in [6.45, 7) is 0. The summed E-state index contributed by atoms with van der Waals surface area (Å²) in [7, 11) is 0. The molecule has 0 heterocycles. The molecule has 0 radical (unpaired) electrons. The molecule has 0 spiro atoms. The lowest BCUT2D eigenvalue weighted by Gasteiger charge is -2.13. The molecular formula is C14H8F6O3. The fraction of sp³-hybridized carbons (Fsp3) is 0.143. The van der Waals surface area contributed by atoms with Crippen LogP contribution in [0.3, 0.4) is 0 Å². The first-order chi connectivity index (χ1) is 10.4. The molecule has 9 heteroatoms. The zero-order chi connectivity index (χ0) is 17.4. The summed E-state index contributed by atoms with van der Waals surface area (Å²) in [4.78, 5) is 0. The third-order valence-electron chi connectivity index (χ3n) is 2.67. The lowest BCUT2D eigenvalue weighted by atomic mass is 10.2. The Morgan fingerprint density at radius 1 is 0.609 bits per heavy atom. The fourth-order valence-electron chi connectivity index (χ4n) is 1.75. The third kappa shape index (κ3) is 4.21. The predicted octanol–water partition coefficient (Wildman–Crippen LogP) is 4.93. The van der Waals surface area contributed by atoms with E-state index in [1.165, 1.54) is 0 Å². The highest BCUT2D eigenvalue weighted by atomic mass is 19.4. The Labute approximate surface area is 125 Å². The summed E-state index contributed by atoms with van der Waals surface area (Å²) in [6.07, 6.45) is -9.54. The molecule has 0 aliphatic heterocycles. The van der Waals surface area contributed by atoms with Crippen LogP contribution in [-0.2, 0) is 12.4 Å². The summed E-state index contributed by atoms with van der Waals surface area (Å²) in [5, 5.41) is 18.5. The van der Waals surface area contributed by atoms with Crippen LogP contribution in [0.4, 0.5) is 26.3 Å². The van der Waals surface area contributed by atoms with Crippen molar-refractivity contribution in [3.63, 3.8) is 0 Å². The molecule has 0 aliphatic carbocycles. The van der Waals surface area contributed by atoms with E-state index < -0.39 is 46.5 Å². The molecule has 2 rings (SSSR count). The summed E-state index contributed by atoms with van der Waals surface area (Å²) >= 11 is 0. The SMILES string of the molecule is Oc1cc(Oc2cc(O)cc(C(F)(F)F)c2)cc(C(F)(F)F)c1. The number of alkyl halides is 6. The fourth-order valence-corrected chi connectivity index (χ4v) is 1.75. The summed E-state index contributed by atoms with van der Waals surface area (Å²) in [5.41, 5.74) is -2.47. The highest BCUT2D eigenvalue weighted by molar-refractivity contribution is 5.44. The lowest BCUT2D eigenvalue weighted by molar-refractivity contribution is -0.138. The maximum absolute atomic E-state index is 12.6. The smallest absolute Gasteiger partial charge is 0.416 e. The topological polar surface area (TPSA) is 49.7 Å². The second kappa shape index (κ2) is 5.56. The normalized spacial score (nSPS) is 12.3. The van der Waals surface area contributed by atoms with Gasteiger partial charge in [-0.15, -0.1) is 0 Å². The average Bonchev–Trinajstić information content (AvgIpc) is 2.35. The second-order valence-corrected chi connectivity index (χ2v) is 4.53. The highest BCUT2D eigenvalue weighted by Gasteiger charge is 2.33. The summed E-state index contributed by atoms with van der Waals surface area (Å²) in [5.74, 6) is -2.61. The Bertz CT molecular complexity index is 660. The number of ether oxygens (including phenoxy) is 1. The number of rotatable bonds is 2. The van der Waals surface area contributed by atoms with Gasteiger partial charge in [-0.3, -0.25) is 0 Å². The van der Waals surface area contributed by atoms with E-state index in [2.05, 4.69) is 0 Å². The molecule has 0 aromatic heterocycles. The van der Waals surface area contributed by atoms with Crippen molar-refractivity contribution >= 4 is 0 Å². The molecule has 2 aromatic carbocycles. The number of phenolic OH excluding ortho intramolecular Hbond substituents is 2. The average molecular weight is 338 g/mol. The van der Waals surface area contributed by atoms with Crippen LogP contribution in [0, 0.1) is 0 Å². The van der Waals surface area contributed by atoms with Crippen molar-refractivity contribution in [1.82, 2.24) is 0 Å². The summed E-state index contributed by atoms with van der Waals surface area (Å²) < 4.78 is 80.6. The van der Waals surface area contributed by atoms with Gasteiger partial charge in [0.25, 0.3) is 0 Å². The van der Waals surface area contributed by atoms with Crippen LogP contribution in [0.15, 0.2) is 36.4 Å². The molecule has 2 aromatic rings. The van der Waals surface area contributed by atoms with Gasteiger partial charge in [0.1, 0.15) is 23.0 Å². The number of hydrogen-bond donors (Lipinski definition) is 2. The van der Waals surface area contributed by atoms with Gasteiger partial charge in [0.05, 0.1) is 11.1 Å². The molecule has 2 N–H and O–H groups in total. The molecule has 0 fully saturated rings. The van der Waals surface area contributed by atoms with Crippen LogP contribution in [0.2, 0.25) is 0 Å². The van der Waals surface area contributed by atoms with Crippen molar-refractivity contribution in [2.24, 2.45) is 0 Å². The van der Waals surface area contributed by atoms with Crippen molar-refractivity contribution in [3.8, 4) is 23.0 Å². The van der Waals surface area contributed by atoms with Crippen molar-refractivity contribution in [1.29, 1.82) is 0 Å². The number of aromatic hydroxyl groups is 2. The van der Waals surface area contributed by atoms with Gasteiger partial charge in [-0.05, 0) is 24.3 Å². The van der Waals surface area contributed by atoms with E-state index in [-0.39, 0.29) is 0 Å². The van der Waals surface area contributed by atoms with Gasteiger partial charge < -0.3 is 14.9 Å². The molecule has 0 aliphatic rings. The van der Waals surface area contributed by atoms with Gasteiger partial charge in [0, 0.05) is 12.1 Å². The molecule has 0 saturated carbocycles. The van der Waals surface area contributed by atoms with Gasteiger partial charge in [-0.2, -0.15) is 26.3 Å². The van der Waals surface area contributed by atoms with Crippen molar-refractivity contribution in [2.75, 3.05) is 0 Å².